The fraction of sp³-hybridized carbons (Fsp3) is 0.158. The van der Waals surface area contributed by atoms with Crippen LogP contribution in [0.2, 0.25) is 10.0 Å². The number of thiazole rings is 1. The van der Waals surface area contributed by atoms with E-state index in [0.29, 0.717) is 27.5 Å². The molecule has 0 radical (unpaired) electrons. The summed E-state index contributed by atoms with van der Waals surface area (Å²) in [5.74, 6) is 0.659. The lowest BCUT2D eigenvalue weighted by Gasteiger charge is -2.05. The number of carbonyl (C=O) groups excluding carboxylic acids is 1. The van der Waals surface area contributed by atoms with Gasteiger partial charge in [0.2, 0.25) is 5.91 Å². The highest BCUT2D eigenvalue weighted by atomic mass is 35.5. The van der Waals surface area contributed by atoms with Gasteiger partial charge in [0.15, 0.2) is 5.13 Å². The highest BCUT2D eigenvalue weighted by molar-refractivity contribution is 7.14. The van der Waals surface area contributed by atoms with E-state index in [9.17, 15) is 4.79 Å². The summed E-state index contributed by atoms with van der Waals surface area (Å²) < 4.78 is 5.40. The fourth-order valence-corrected chi connectivity index (χ4v) is 3.48. The minimum Gasteiger partial charge on any atom is -0.494 e. The number of rotatable bonds is 6. The maximum atomic E-state index is 12.2. The normalized spacial score (nSPS) is 10.6. The molecule has 2 aromatic carbocycles. The summed E-state index contributed by atoms with van der Waals surface area (Å²) in [5, 5.41) is 6.32. The van der Waals surface area contributed by atoms with Crippen LogP contribution in [0, 0.1) is 0 Å². The minimum atomic E-state index is -0.132. The van der Waals surface area contributed by atoms with E-state index in [-0.39, 0.29) is 12.3 Å². The van der Waals surface area contributed by atoms with Gasteiger partial charge in [-0.1, -0.05) is 35.3 Å². The Morgan fingerprint density at radius 2 is 1.96 bits per heavy atom. The molecule has 1 heterocycles. The minimum absolute atomic E-state index is 0.132. The number of aromatic nitrogens is 1. The maximum Gasteiger partial charge on any atom is 0.230 e. The van der Waals surface area contributed by atoms with Gasteiger partial charge in [-0.3, -0.25) is 4.79 Å². The average Bonchev–Trinajstić information content (AvgIpc) is 3.07. The second-order valence-corrected chi connectivity index (χ2v) is 7.17. The van der Waals surface area contributed by atoms with Crippen LogP contribution < -0.4 is 10.1 Å². The number of hydrogen-bond acceptors (Lipinski definition) is 4. The van der Waals surface area contributed by atoms with Crippen LogP contribution in [0.1, 0.15) is 12.5 Å². The van der Waals surface area contributed by atoms with E-state index in [0.717, 1.165) is 16.9 Å². The Bertz CT molecular complexity index is 910. The first kappa shape index (κ1) is 18.7. The Kier molecular flexibility index (Phi) is 6.14. The molecule has 0 unspecified atom stereocenters. The van der Waals surface area contributed by atoms with Crippen LogP contribution in [0.3, 0.4) is 0 Å². The summed E-state index contributed by atoms with van der Waals surface area (Å²) in [7, 11) is 0. The third kappa shape index (κ3) is 4.75. The highest BCUT2D eigenvalue weighted by Gasteiger charge is 2.11. The molecular weight excluding hydrogens is 391 g/mol. The Hall–Kier alpha value is -2.08. The van der Waals surface area contributed by atoms with E-state index in [1.54, 1.807) is 18.2 Å². The smallest absolute Gasteiger partial charge is 0.230 e. The quantitative estimate of drug-likeness (QED) is 0.571. The van der Waals surface area contributed by atoms with Crippen molar-refractivity contribution >= 4 is 45.6 Å². The van der Waals surface area contributed by atoms with E-state index in [1.807, 2.05) is 36.6 Å². The number of carbonyl (C=O) groups is 1. The van der Waals surface area contributed by atoms with Gasteiger partial charge in [0.05, 0.1) is 23.7 Å². The standard InChI is InChI=1S/C19H16Cl2N2O2S/c1-2-25-14-6-3-12(4-7-14)9-18(24)23-19-22-17(11-26-19)15-10-13(20)5-8-16(15)21/h3-8,10-11H,2,9H2,1H3,(H,22,23,24). The fourth-order valence-electron chi connectivity index (χ4n) is 2.37. The van der Waals surface area contributed by atoms with Crippen molar-refractivity contribution in [3.8, 4) is 17.0 Å². The molecule has 3 aromatic rings. The summed E-state index contributed by atoms with van der Waals surface area (Å²) >= 11 is 13.6. The molecule has 0 spiro atoms. The van der Waals surface area contributed by atoms with Gasteiger partial charge in [-0.15, -0.1) is 11.3 Å². The first-order chi connectivity index (χ1) is 12.5. The average molecular weight is 407 g/mol. The molecule has 3 rings (SSSR count). The number of halogens is 2. The lowest BCUT2D eigenvalue weighted by atomic mass is 10.1. The number of amides is 1. The second-order valence-electron chi connectivity index (χ2n) is 5.46. The number of nitrogens with one attached hydrogen (secondary N) is 1. The molecule has 0 aliphatic heterocycles. The van der Waals surface area contributed by atoms with Gasteiger partial charge in [-0.25, -0.2) is 4.98 Å². The van der Waals surface area contributed by atoms with Gasteiger partial charge in [0.25, 0.3) is 0 Å². The topological polar surface area (TPSA) is 51.2 Å². The number of hydrogen-bond donors (Lipinski definition) is 1. The van der Waals surface area contributed by atoms with Crippen LogP contribution in [-0.2, 0) is 11.2 Å². The van der Waals surface area contributed by atoms with E-state index < -0.39 is 0 Å². The molecule has 0 saturated heterocycles. The van der Waals surface area contributed by atoms with E-state index in [4.69, 9.17) is 27.9 Å². The van der Waals surface area contributed by atoms with E-state index in [2.05, 4.69) is 10.3 Å². The van der Waals surface area contributed by atoms with Crippen molar-refractivity contribution in [3.63, 3.8) is 0 Å². The van der Waals surface area contributed by atoms with E-state index in [1.165, 1.54) is 11.3 Å². The van der Waals surface area contributed by atoms with Crippen molar-refractivity contribution in [2.24, 2.45) is 0 Å². The first-order valence-corrected chi connectivity index (χ1v) is 9.61. The molecule has 0 aliphatic carbocycles. The monoisotopic (exact) mass is 406 g/mol. The van der Waals surface area contributed by atoms with Gasteiger partial charge >= 0.3 is 0 Å². The molecule has 0 bridgehead atoms. The summed E-state index contributed by atoms with van der Waals surface area (Å²) in [5.41, 5.74) is 2.32. The molecule has 7 heteroatoms. The molecule has 1 aromatic heterocycles. The van der Waals surface area contributed by atoms with Crippen molar-refractivity contribution < 1.29 is 9.53 Å². The molecule has 26 heavy (non-hydrogen) atoms. The number of ether oxygens (including phenoxy) is 1. The van der Waals surface area contributed by atoms with Crippen molar-refractivity contribution in [2.75, 3.05) is 11.9 Å². The SMILES string of the molecule is CCOc1ccc(CC(=O)Nc2nc(-c3cc(Cl)ccc3Cl)cs2)cc1. The molecule has 0 saturated carbocycles. The predicted octanol–water partition coefficient (Wildman–Crippen LogP) is 5.70. The lowest BCUT2D eigenvalue weighted by Crippen LogP contribution is -2.14. The van der Waals surface area contributed by atoms with Crippen molar-refractivity contribution in [1.82, 2.24) is 4.98 Å². The third-order valence-corrected chi connectivity index (χ3v) is 4.88. The van der Waals surface area contributed by atoms with Crippen LogP contribution >= 0.6 is 34.5 Å². The molecule has 134 valence electrons. The molecule has 0 fully saturated rings. The van der Waals surface area contributed by atoms with Gasteiger partial charge in [-0.2, -0.15) is 0 Å². The van der Waals surface area contributed by atoms with Crippen LogP contribution in [0.15, 0.2) is 47.8 Å². The molecule has 4 nitrogen and oxygen atoms in total. The zero-order valence-electron chi connectivity index (χ0n) is 14.0. The highest BCUT2D eigenvalue weighted by Crippen LogP contribution is 2.32. The number of nitrogens with zero attached hydrogens (tertiary/aromatic N) is 1. The summed E-state index contributed by atoms with van der Waals surface area (Å²) in [6.07, 6.45) is 0.263. The Labute approximate surface area is 165 Å². The summed E-state index contributed by atoms with van der Waals surface area (Å²) in [6.45, 7) is 2.54. The molecule has 1 amide bonds. The summed E-state index contributed by atoms with van der Waals surface area (Å²) in [4.78, 5) is 16.7. The predicted molar refractivity (Wildman–Crippen MR) is 108 cm³/mol. The van der Waals surface area contributed by atoms with Gasteiger partial charge in [0.1, 0.15) is 5.75 Å². The molecule has 0 aliphatic rings. The van der Waals surface area contributed by atoms with Gasteiger partial charge in [-0.05, 0) is 42.8 Å². The van der Waals surface area contributed by atoms with Crippen LogP contribution in [-0.4, -0.2) is 17.5 Å². The molecular formula is C19H16Cl2N2O2S. The van der Waals surface area contributed by atoms with Crippen LogP contribution in [0.4, 0.5) is 5.13 Å². The Morgan fingerprint density at radius 1 is 1.19 bits per heavy atom. The Morgan fingerprint density at radius 3 is 2.69 bits per heavy atom. The first-order valence-electron chi connectivity index (χ1n) is 7.97. The third-order valence-electron chi connectivity index (χ3n) is 3.55. The van der Waals surface area contributed by atoms with Crippen molar-refractivity contribution in [2.45, 2.75) is 13.3 Å². The number of anilines is 1. The van der Waals surface area contributed by atoms with E-state index >= 15 is 0 Å². The zero-order chi connectivity index (χ0) is 18.5. The summed E-state index contributed by atoms with van der Waals surface area (Å²) in [6, 6.07) is 12.7. The van der Waals surface area contributed by atoms with Crippen molar-refractivity contribution in [1.29, 1.82) is 0 Å². The van der Waals surface area contributed by atoms with Crippen LogP contribution in [0.25, 0.3) is 11.3 Å². The van der Waals surface area contributed by atoms with Crippen molar-refractivity contribution in [3.05, 3.63) is 63.5 Å². The number of benzene rings is 2. The Balaban J connectivity index is 1.65. The zero-order valence-corrected chi connectivity index (χ0v) is 16.3. The largest absolute Gasteiger partial charge is 0.494 e. The molecule has 1 N–H and O–H groups in total. The van der Waals surface area contributed by atoms with Gasteiger partial charge < -0.3 is 10.1 Å². The van der Waals surface area contributed by atoms with Gasteiger partial charge in [0, 0.05) is 16.0 Å². The van der Waals surface area contributed by atoms with Crippen LogP contribution in [0.5, 0.6) is 5.75 Å². The molecule has 0 atom stereocenters. The maximum absolute atomic E-state index is 12.2. The lowest BCUT2D eigenvalue weighted by molar-refractivity contribution is -0.115. The second kappa shape index (κ2) is 8.54.